The Labute approximate surface area is 197 Å². The molecule has 33 heavy (non-hydrogen) atoms. The van der Waals surface area contributed by atoms with Crippen molar-refractivity contribution in [3.8, 4) is 0 Å². The summed E-state index contributed by atoms with van der Waals surface area (Å²) < 4.78 is 41.6. The van der Waals surface area contributed by atoms with Gasteiger partial charge in [-0.3, -0.25) is 4.68 Å². The second-order valence-electron chi connectivity index (χ2n) is 8.20. The number of halogens is 2. The lowest BCUT2D eigenvalue weighted by Gasteiger charge is -2.21. The fraction of sp³-hybridized carbons (Fsp3) is 0.429. The first kappa shape index (κ1) is 26.8. The summed E-state index contributed by atoms with van der Waals surface area (Å²) in [6.07, 6.45) is 0.0957. The number of nitrogens with one attached hydrogen (secondary N) is 1. The maximum atomic E-state index is 14.4. The topological polar surface area (TPSA) is 125 Å². The maximum absolute atomic E-state index is 14.4. The Balaban J connectivity index is 2.42. The molecule has 0 saturated heterocycles. The van der Waals surface area contributed by atoms with Crippen molar-refractivity contribution in [2.24, 2.45) is 0 Å². The number of carboxylic acid groups (broad SMARTS) is 1. The van der Waals surface area contributed by atoms with Crippen LogP contribution in [0.15, 0.2) is 35.0 Å². The minimum Gasteiger partial charge on any atom is -0.465 e. The van der Waals surface area contributed by atoms with Crippen molar-refractivity contribution in [3.05, 3.63) is 57.6 Å². The van der Waals surface area contributed by atoms with Crippen molar-refractivity contribution in [1.82, 2.24) is 19.4 Å². The van der Waals surface area contributed by atoms with E-state index in [1.807, 2.05) is 5.32 Å². The molecule has 0 atom stereocenters. The van der Waals surface area contributed by atoms with E-state index in [2.05, 4.69) is 5.10 Å². The highest BCUT2D eigenvalue weighted by molar-refractivity contribution is 7.89. The van der Waals surface area contributed by atoms with E-state index in [-0.39, 0.29) is 29.4 Å². The predicted molar refractivity (Wildman–Crippen MR) is 123 cm³/mol. The summed E-state index contributed by atoms with van der Waals surface area (Å²) in [6, 6.07) is 4.60. The lowest BCUT2D eigenvalue weighted by atomic mass is 9.95. The Morgan fingerprint density at radius 3 is 2.52 bits per heavy atom. The number of sulfonamides is 1. The summed E-state index contributed by atoms with van der Waals surface area (Å²) in [4.78, 5) is 10.5. The third kappa shape index (κ3) is 6.53. The molecule has 12 heteroatoms. The largest absolute Gasteiger partial charge is 0.465 e. The van der Waals surface area contributed by atoms with E-state index in [0.29, 0.717) is 22.5 Å². The maximum Gasteiger partial charge on any atom is 0.404 e. The van der Waals surface area contributed by atoms with Gasteiger partial charge in [-0.2, -0.15) is 5.10 Å². The average Bonchev–Trinajstić information content (AvgIpc) is 2.96. The summed E-state index contributed by atoms with van der Waals surface area (Å²) in [5.41, 5.74) is 0.917. The van der Waals surface area contributed by atoms with Crippen LogP contribution in [-0.4, -0.2) is 59.4 Å². The molecule has 0 bridgehead atoms. The van der Waals surface area contributed by atoms with Gasteiger partial charge in [0.1, 0.15) is 16.3 Å². The first-order chi connectivity index (χ1) is 15.1. The van der Waals surface area contributed by atoms with E-state index in [1.165, 1.54) is 24.8 Å². The quantitative estimate of drug-likeness (QED) is 0.484. The van der Waals surface area contributed by atoms with E-state index in [1.54, 1.807) is 32.9 Å². The number of benzene rings is 1. The van der Waals surface area contributed by atoms with Crippen LogP contribution in [0.5, 0.6) is 0 Å². The van der Waals surface area contributed by atoms with Crippen molar-refractivity contribution in [2.75, 3.05) is 20.6 Å². The lowest BCUT2D eigenvalue weighted by molar-refractivity contribution is 0.0676. The molecule has 0 fully saturated rings. The van der Waals surface area contributed by atoms with Gasteiger partial charge >= 0.3 is 6.09 Å². The first-order valence-corrected chi connectivity index (χ1v) is 11.8. The molecule has 1 heterocycles. The van der Waals surface area contributed by atoms with Crippen molar-refractivity contribution in [1.29, 1.82) is 0 Å². The second-order valence-corrected chi connectivity index (χ2v) is 10.7. The minimum absolute atomic E-state index is 0.0183. The fourth-order valence-electron chi connectivity index (χ4n) is 3.35. The number of aliphatic hydroxyl groups is 1. The predicted octanol–water partition coefficient (Wildman–Crippen LogP) is 3.03. The molecule has 2 aromatic rings. The molecule has 0 aliphatic carbocycles. The van der Waals surface area contributed by atoms with Gasteiger partial charge in [-0.15, -0.1) is 0 Å². The molecule has 0 aliphatic heterocycles. The van der Waals surface area contributed by atoms with Crippen LogP contribution in [0.4, 0.5) is 9.18 Å². The molecule has 0 aliphatic rings. The number of nitrogens with zero attached hydrogens (tertiary/aromatic N) is 3. The highest BCUT2D eigenvalue weighted by Crippen LogP contribution is 2.31. The number of hydrogen-bond acceptors (Lipinski definition) is 5. The average molecular weight is 503 g/mol. The number of rotatable bonds is 9. The molecule has 1 amide bonds. The summed E-state index contributed by atoms with van der Waals surface area (Å²) in [6.45, 7) is 4.34. The number of aryl methyl sites for hydroxylation is 1. The summed E-state index contributed by atoms with van der Waals surface area (Å²) in [7, 11) is -0.874. The van der Waals surface area contributed by atoms with Gasteiger partial charge in [0.2, 0.25) is 10.0 Å². The Morgan fingerprint density at radius 2 is 2.00 bits per heavy atom. The number of amides is 1. The van der Waals surface area contributed by atoms with Crippen LogP contribution in [0, 0.1) is 6.92 Å². The molecule has 1 aromatic heterocycles. The van der Waals surface area contributed by atoms with Crippen molar-refractivity contribution in [3.63, 3.8) is 0 Å². The molecule has 2 rings (SSSR count). The van der Waals surface area contributed by atoms with Gasteiger partial charge in [-0.25, -0.2) is 21.9 Å². The molecular formula is C21H28ClFN4O5S. The van der Waals surface area contributed by atoms with Crippen molar-refractivity contribution < 1.29 is 27.8 Å². The number of aromatic nitrogens is 2. The normalized spacial score (nSPS) is 12.9. The zero-order chi connectivity index (χ0) is 25.1. The standard InChI is InChI=1S/C21H28ClFN4O5S/c1-13-16(10-14-6-7-18(17(22)11-14)33(31,32)26(4)5)19(21(2,3)30)27(25-13)12-15(23)8-9-24-20(28)29/h6-8,11,24,30H,9-10,12H2,1-5H3,(H,28,29). The van der Waals surface area contributed by atoms with Crippen molar-refractivity contribution >= 4 is 27.7 Å². The van der Waals surface area contributed by atoms with Gasteiger partial charge in [0, 0.05) is 32.6 Å². The van der Waals surface area contributed by atoms with E-state index in [9.17, 15) is 22.7 Å². The third-order valence-electron chi connectivity index (χ3n) is 4.84. The number of carbonyl (C=O) groups is 1. The summed E-state index contributed by atoms with van der Waals surface area (Å²) >= 11 is 6.26. The van der Waals surface area contributed by atoms with Crippen LogP contribution >= 0.6 is 11.6 Å². The molecule has 0 spiro atoms. The minimum atomic E-state index is -3.70. The lowest BCUT2D eigenvalue weighted by Crippen LogP contribution is -2.24. The SMILES string of the molecule is Cc1nn(CC(F)=CCNC(=O)O)c(C(C)(C)O)c1Cc1ccc(S(=O)(=O)N(C)C)c(Cl)c1. The van der Waals surface area contributed by atoms with Crippen LogP contribution in [0.3, 0.4) is 0 Å². The van der Waals surface area contributed by atoms with Gasteiger partial charge in [0.15, 0.2) is 0 Å². The molecule has 182 valence electrons. The summed E-state index contributed by atoms with van der Waals surface area (Å²) in [5, 5.41) is 25.8. The van der Waals surface area contributed by atoms with Crippen LogP contribution in [0.25, 0.3) is 0 Å². The summed E-state index contributed by atoms with van der Waals surface area (Å²) in [5.74, 6) is -0.621. The molecule has 0 radical (unpaired) electrons. The molecule has 1 aromatic carbocycles. The smallest absolute Gasteiger partial charge is 0.404 e. The van der Waals surface area contributed by atoms with Crippen LogP contribution < -0.4 is 5.32 Å². The molecule has 0 unspecified atom stereocenters. The van der Waals surface area contributed by atoms with Crippen LogP contribution in [0.1, 0.15) is 36.4 Å². The second kappa shape index (κ2) is 10.2. The highest BCUT2D eigenvalue weighted by Gasteiger charge is 2.29. The number of hydrogen-bond donors (Lipinski definition) is 3. The van der Waals surface area contributed by atoms with Crippen LogP contribution in [-0.2, 0) is 28.6 Å². The Bertz CT molecular complexity index is 1170. The van der Waals surface area contributed by atoms with Gasteiger partial charge < -0.3 is 15.5 Å². The van der Waals surface area contributed by atoms with E-state index in [4.69, 9.17) is 16.7 Å². The third-order valence-corrected chi connectivity index (χ3v) is 7.14. The highest BCUT2D eigenvalue weighted by atomic mass is 35.5. The van der Waals surface area contributed by atoms with Crippen molar-refractivity contribution in [2.45, 2.75) is 44.2 Å². The zero-order valence-electron chi connectivity index (χ0n) is 19.1. The van der Waals surface area contributed by atoms with Gasteiger partial charge in [-0.05, 0) is 44.5 Å². The van der Waals surface area contributed by atoms with E-state index >= 15 is 0 Å². The van der Waals surface area contributed by atoms with E-state index in [0.717, 1.165) is 10.4 Å². The molecule has 9 nitrogen and oxygen atoms in total. The first-order valence-electron chi connectivity index (χ1n) is 9.96. The van der Waals surface area contributed by atoms with Gasteiger partial charge in [-0.1, -0.05) is 17.7 Å². The Kier molecular flexibility index (Phi) is 8.28. The molecular weight excluding hydrogens is 475 g/mol. The Hall–Kier alpha value is -2.47. The Morgan fingerprint density at radius 1 is 1.36 bits per heavy atom. The van der Waals surface area contributed by atoms with Gasteiger partial charge in [0.05, 0.1) is 23.0 Å². The van der Waals surface area contributed by atoms with Crippen LogP contribution in [0.2, 0.25) is 5.02 Å². The zero-order valence-corrected chi connectivity index (χ0v) is 20.6. The molecule has 0 saturated carbocycles. The molecule has 3 N–H and O–H groups in total. The fourth-order valence-corrected chi connectivity index (χ4v) is 4.79. The van der Waals surface area contributed by atoms with E-state index < -0.39 is 27.5 Å². The number of allylic oxidation sites excluding steroid dienone is 1. The van der Waals surface area contributed by atoms with Gasteiger partial charge in [0.25, 0.3) is 0 Å². The monoisotopic (exact) mass is 502 g/mol.